The highest BCUT2D eigenvalue weighted by molar-refractivity contribution is 9.10. The number of anilines is 1. The van der Waals surface area contributed by atoms with Gasteiger partial charge in [0.2, 0.25) is 5.88 Å². The van der Waals surface area contributed by atoms with Crippen molar-refractivity contribution in [2.45, 2.75) is 53.4 Å². The minimum absolute atomic E-state index is 0.0337. The normalized spacial score (nSPS) is 18.3. The maximum absolute atomic E-state index is 13.5. The average Bonchev–Trinajstić information content (AvgIpc) is 2.84. The molecule has 1 atom stereocenters. The van der Waals surface area contributed by atoms with Crippen LogP contribution in [0.25, 0.3) is 0 Å². The molecule has 0 radical (unpaired) electrons. The molecule has 0 bridgehead atoms. The number of ether oxygens (including phenoxy) is 3. The number of nitrogens with one attached hydrogen (secondary N) is 1. The zero-order valence-electron chi connectivity index (χ0n) is 22.8. The van der Waals surface area contributed by atoms with E-state index >= 15 is 0 Å². The van der Waals surface area contributed by atoms with E-state index in [1.54, 1.807) is 25.1 Å². The van der Waals surface area contributed by atoms with E-state index in [4.69, 9.17) is 19.9 Å². The maximum atomic E-state index is 13.5. The highest BCUT2D eigenvalue weighted by Gasteiger charge is 2.46. The van der Waals surface area contributed by atoms with Gasteiger partial charge in [-0.25, -0.2) is 4.79 Å². The Hall–Kier alpha value is -3.59. The Morgan fingerprint density at radius 2 is 1.92 bits per heavy atom. The van der Waals surface area contributed by atoms with Crippen LogP contribution in [0.1, 0.15) is 56.2 Å². The van der Waals surface area contributed by atoms with Crippen LogP contribution in [0.5, 0.6) is 5.75 Å². The first-order valence-corrected chi connectivity index (χ1v) is 13.6. The van der Waals surface area contributed by atoms with Gasteiger partial charge in [-0.05, 0) is 61.6 Å². The van der Waals surface area contributed by atoms with Crippen LogP contribution in [0.15, 0.2) is 63.7 Å². The number of Topliss-reactive ketones (excluding diaryl/α,β-unsaturated/α-hetero) is 1. The van der Waals surface area contributed by atoms with E-state index in [1.165, 1.54) is 0 Å². The van der Waals surface area contributed by atoms with E-state index in [2.05, 4.69) is 21.2 Å². The molecule has 1 aliphatic heterocycles. The van der Waals surface area contributed by atoms with E-state index in [-0.39, 0.29) is 48.2 Å². The lowest BCUT2D eigenvalue weighted by atomic mass is 9.70. The number of benzene rings is 2. The molecular formula is C30H33BrN2O6. The molecule has 2 aliphatic rings. The molecule has 0 saturated carbocycles. The van der Waals surface area contributed by atoms with Gasteiger partial charge in [0.1, 0.15) is 17.1 Å². The lowest BCUT2D eigenvalue weighted by Crippen LogP contribution is -2.36. The Morgan fingerprint density at radius 1 is 1.18 bits per heavy atom. The minimum Gasteiger partial charge on any atom is -0.483 e. The van der Waals surface area contributed by atoms with Crippen molar-refractivity contribution < 1.29 is 28.6 Å². The summed E-state index contributed by atoms with van der Waals surface area (Å²) in [6.45, 7) is 9.40. The summed E-state index contributed by atoms with van der Waals surface area (Å²) in [4.78, 5) is 39.5. The highest BCUT2D eigenvalue weighted by atomic mass is 79.9. The second kappa shape index (κ2) is 11.3. The third-order valence-electron chi connectivity index (χ3n) is 6.97. The molecule has 1 aliphatic carbocycles. The largest absolute Gasteiger partial charge is 0.483 e. The van der Waals surface area contributed by atoms with Crippen LogP contribution in [0, 0.1) is 19.3 Å². The molecule has 39 heavy (non-hydrogen) atoms. The van der Waals surface area contributed by atoms with Crippen molar-refractivity contribution in [1.29, 1.82) is 0 Å². The number of nitrogens with two attached hydrogens (primary N) is 1. The van der Waals surface area contributed by atoms with Crippen molar-refractivity contribution in [2.24, 2.45) is 11.1 Å². The van der Waals surface area contributed by atoms with Gasteiger partial charge in [0.05, 0.1) is 12.5 Å². The summed E-state index contributed by atoms with van der Waals surface area (Å²) < 4.78 is 17.9. The van der Waals surface area contributed by atoms with Crippen LogP contribution in [-0.2, 0) is 23.9 Å². The van der Waals surface area contributed by atoms with Crippen molar-refractivity contribution >= 4 is 39.3 Å². The number of aryl methyl sites for hydroxylation is 1. The van der Waals surface area contributed by atoms with Crippen LogP contribution in [-0.4, -0.2) is 30.9 Å². The topological polar surface area (TPSA) is 117 Å². The van der Waals surface area contributed by atoms with E-state index in [0.29, 0.717) is 39.2 Å². The number of hydrogen-bond donors (Lipinski definition) is 2. The first-order chi connectivity index (χ1) is 18.4. The summed E-state index contributed by atoms with van der Waals surface area (Å²) in [5, 5.41) is 2.88. The average molecular weight is 598 g/mol. The fourth-order valence-corrected chi connectivity index (χ4v) is 5.37. The number of carbonyl (C=O) groups excluding carboxylic acids is 3. The third-order valence-corrected chi connectivity index (χ3v) is 7.46. The molecule has 9 heteroatoms. The Kier molecular flexibility index (Phi) is 8.20. The van der Waals surface area contributed by atoms with Gasteiger partial charge < -0.3 is 25.3 Å². The fourth-order valence-electron chi connectivity index (χ4n) is 5.00. The Morgan fingerprint density at radius 3 is 2.64 bits per heavy atom. The molecule has 2 aromatic rings. The lowest BCUT2D eigenvalue weighted by molar-refractivity contribution is -0.139. The standard InChI is InChI=1S/C30H33BrN2O6/c1-6-37-29(36)27-25(26-21(34)13-30(4,5)14-23(26)39-28(27)32)19-12-18(31)10-11-22(19)38-15-24(35)33-20-9-7-8-16(2)17(20)3/h7-12,25H,6,13-15,32H2,1-5H3,(H,33,35). The van der Waals surface area contributed by atoms with Crippen LogP contribution in [0.3, 0.4) is 0 Å². The quantitative estimate of drug-likeness (QED) is 0.401. The Bertz CT molecular complexity index is 1410. The summed E-state index contributed by atoms with van der Waals surface area (Å²) in [5.74, 6) is -1.39. The van der Waals surface area contributed by atoms with Gasteiger partial charge in [-0.15, -0.1) is 0 Å². The zero-order valence-corrected chi connectivity index (χ0v) is 24.4. The minimum atomic E-state index is -0.883. The van der Waals surface area contributed by atoms with Crippen molar-refractivity contribution in [3.8, 4) is 5.75 Å². The van der Waals surface area contributed by atoms with E-state index in [9.17, 15) is 14.4 Å². The van der Waals surface area contributed by atoms with E-state index in [0.717, 1.165) is 11.1 Å². The number of carbonyl (C=O) groups is 3. The van der Waals surface area contributed by atoms with E-state index in [1.807, 2.05) is 45.9 Å². The number of esters is 1. The molecule has 1 heterocycles. The molecule has 2 aromatic carbocycles. The molecule has 1 unspecified atom stereocenters. The molecule has 4 rings (SSSR count). The van der Waals surface area contributed by atoms with Gasteiger partial charge in [-0.3, -0.25) is 9.59 Å². The van der Waals surface area contributed by atoms with Crippen LogP contribution in [0.2, 0.25) is 0 Å². The molecule has 1 amide bonds. The summed E-state index contributed by atoms with van der Waals surface area (Å²) in [5.41, 5.74) is 9.59. The summed E-state index contributed by atoms with van der Waals surface area (Å²) >= 11 is 3.50. The molecule has 0 saturated heterocycles. The van der Waals surface area contributed by atoms with E-state index < -0.39 is 11.9 Å². The SMILES string of the molecule is CCOC(=O)C1=C(N)OC2=C(C(=O)CC(C)(C)C2)C1c1cc(Br)ccc1OCC(=O)Nc1cccc(C)c1C. The maximum Gasteiger partial charge on any atom is 0.340 e. The summed E-state index contributed by atoms with van der Waals surface area (Å²) in [6, 6.07) is 10.9. The predicted octanol–water partition coefficient (Wildman–Crippen LogP) is 5.57. The van der Waals surface area contributed by atoms with Gasteiger partial charge in [-0.2, -0.15) is 0 Å². The predicted molar refractivity (Wildman–Crippen MR) is 151 cm³/mol. The zero-order chi connectivity index (χ0) is 28.5. The highest BCUT2D eigenvalue weighted by Crippen LogP contribution is 2.50. The van der Waals surface area contributed by atoms with Crippen molar-refractivity contribution in [2.75, 3.05) is 18.5 Å². The number of rotatable bonds is 7. The Balaban J connectivity index is 1.73. The molecule has 206 valence electrons. The molecular weight excluding hydrogens is 564 g/mol. The number of ketones is 1. The van der Waals surface area contributed by atoms with Crippen LogP contribution >= 0.6 is 15.9 Å². The van der Waals surface area contributed by atoms with Gasteiger partial charge in [0.25, 0.3) is 5.91 Å². The Labute approximate surface area is 236 Å². The molecule has 0 aromatic heterocycles. The number of amides is 1. The molecule has 0 spiro atoms. The van der Waals surface area contributed by atoms with Gasteiger partial charge in [-0.1, -0.05) is 41.9 Å². The molecule has 0 fully saturated rings. The van der Waals surface area contributed by atoms with Crippen molar-refractivity contribution in [3.05, 3.63) is 80.3 Å². The molecule has 8 nitrogen and oxygen atoms in total. The number of halogens is 1. The first kappa shape index (κ1) is 28.4. The van der Waals surface area contributed by atoms with Crippen LogP contribution in [0.4, 0.5) is 5.69 Å². The monoisotopic (exact) mass is 596 g/mol. The first-order valence-electron chi connectivity index (χ1n) is 12.8. The van der Waals surface area contributed by atoms with Gasteiger partial charge in [0.15, 0.2) is 12.4 Å². The number of hydrogen-bond acceptors (Lipinski definition) is 7. The molecule has 3 N–H and O–H groups in total. The lowest BCUT2D eigenvalue weighted by Gasteiger charge is -2.38. The fraction of sp³-hybridized carbons (Fsp3) is 0.367. The summed E-state index contributed by atoms with van der Waals surface area (Å²) in [7, 11) is 0. The van der Waals surface area contributed by atoms with Crippen LogP contribution < -0.4 is 15.8 Å². The second-order valence-corrected chi connectivity index (χ2v) is 11.5. The van der Waals surface area contributed by atoms with Gasteiger partial charge >= 0.3 is 5.97 Å². The summed E-state index contributed by atoms with van der Waals surface area (Å²) in [6.07, 6.45) is 0.758. The number of allylic oxidation sites excluding steroid dienone is 2. The van der Waals surface area contributed by atoms with Gasteiger partial charge in [0, 0.05) is 34.1 Å². The second-order valence-electron chi connectivity index (χ2n) is 10.6. The smallest absolute Gasteiger partial charge is 0.340 e. The third kappa shape index (κ3) is 6.03. The van der Waals surface area contributed by atoms with Crippen molar-refractivity contribution in [3.63, 3.8) is 0 Å². The van der Waals surface area contributed by atoms with Crippen molar-refractivity contribution in [1.82, 2.24) is 0 Å².